The maximum absolute atomic E-state index is 10.5. The van der Waals surface area contributed by atoms with Crippen molar-refractivity contribution >= 4 is 11.9 Å². The second-order valence-electron chi connectivity index (χ2n) is 3.85. The molecule has 0 amide bonds. The Balaban J connectivity index is 2.22. The van der Waals surface area contributed by atoms with Gasteiger partial charge in [-0.2, -0.15) is 0 Å². The van der Waals surface area contributed by atoms with Crippen molar-refractivity contribution in [2.45, 2.75) is 6.42 Å². The summed E-state index contributed by atoms with van der Waals surface area (Å²) in [5, 5.41) is 0. The van der Waals surface area contributed by atoms with Crippen molar-refractivity contribution in [3.8, 4) is 0 Å². The van der Waals surface area contributed by atoms with Gasteiger partial charge in [0.05, 0.1) is 5.69 Å². The number of rotatable bonds is 2. The lowest BCUT2D eigenvalue weighted by molar-refractivity contribution is 0.112. The highest BCUT2D eigenvalue weighted by molar-refractivity contribution is 5.75. The fourth-order valence-corrected chi connectivity index (χ4v) is 1.74. The third-order valence-electron chi connectivity index (χ3n) is 2.59. The molecule has 0 spiro atoms. The molecule has 0 aromatic carbocycles. The van der Waals surface area contributed by atoms with Crippen LogP contribution in [-0.4, -0.2) is 36.3 Å². The molecule has 3 heteroatoms. The maximum Gasteiger partial charge on any atom is 0.151 e. The van der Waals surface area contributed by atoms with Crippen molar-refractivity contribution in [1.82, 2.24) is 9.88 Å². The lowest BCUT2D eigenvalue weighted by atomic mass is 10.1. The highest BCUT2D eigenvalue weighted by Crippen LogP contribution is 2.17. The molecule has 0 saturated carbocycles. The smallest absolute Gasteiger partial charge is 0.151 e. The standard InChI is InChI=1S/C12H14N2O/c1-14-6-2-3-11(8-14)12-5-4-10(9-15)7-13-12/h3-5,7,9H,2,6,8H2,1H3. The number of nitrogens with zero attached hydrogens (tertiary/aromatic N) is 2. The topological polar surface area (TPSA) is 33.2 Å². The van der Waals surface area contributed by atoms with Crippen LogP contribution in [0.25, 0.3) is 5.57 Å². The van der Waals surface area contributed by atoms with Gasteiger partial charge in [-0.3, -0.25) is 9.78 Å². The minimum absolute atomic E-state index is 0.628. The van der Waals surface area contributed by atoms with E-state index in [2.05, 4.69) is 23.0 Å². The van der Waals surface area contributed by atoms with E-state index in [1.165, 1.54) is 5.57 Å². The van der Waals surface area contributed by atoms with Crippen molar-refractivity contribution in [3.05, 3.63) is 35.7 Å². The number of hydrogen-bond acceptors (Lipinski definition) is 3. The summed E-state index contributed by atoms with van der Waals surface area (Å²) in [6, 6.07) is 3.72. The molecule has 15 heavy (non-hydrogen) atoms. The molecule has 0 unspecified atom stereocenters. The van der Waals surface area contributed by atoms with Crippen LogP contribution < -0.4 is 0 Å². The zero-order valence-electron chi connectivity index (χ0n) is 8.81. The van der Waals surface area contributed by atoms with Gasteiger partial charge in [-0.15, -0.1) is 0 Å². The molecule has 1 aromatic heterocycles. The van der Waals surface area contributed by atoms with Crippen LogP contribution in [0.5, 0.6) is 0 Å². The lowest BCUT2D eigenvalue weighted by Gasteiger charge is -2.22. The second kappa shape index (κ2) is 4.36. The molecule has 3 nitrogen and oxygen atoms in total. The summed E-state index contributed by atoms with van der Waals surface area (Å²) in [4.78, 5) is 17.0. The second-order valence-corrected chi connectivity index (χ2v) is 3.85. The minimum atomic E-state index is 0.628. The van der Waals surface area contributed by atoms with E-state index >= 15 is 0 Å². The molecule has 0 N–H and O–H groups in total. The number of carbonyl (C=O) groups is 1. The van der Waals surface area contributed by atoms with Gasteiger partial charge in [0.15, 0.2) is 6.29 Å². The molecule has 1 aromatic rings. The summed E-state index contributed by atoms with van der Waals surface area (Å²) in [5.41, 5.74) is 2.86. The molecule has 0 atom stereocenters. The van der Waals surface area contributed by atoms with E-state index in [1.54, 1.807) is 6.20 Å². The van der Waals surface area contributed by atoms with Crippen molar-refractivity contribution < 1.29 is 4.79 Å². The van der Waals surface area contributed by atoms with Gasteiger partial charge in [0.25, 0.3) is 0 Å². The predicted octanol–water partition coefficient (Wildman–Crippen LogP) is 1.61. The highest BCUT2D eigenvalue weighted by atomic mass is 16.1. The first-order valence-electron chi connectivity index (χ1n) is 5.09. The Labute approximate surface area is 89.4 Å². The quantitative estimate of drug-likeness (QED) is 0.683. The molecule has 0 radical (unpaired) electrons. The lowest BCUT2D eigenvalue weighted by Crippen LogP contribution is -2.25. The summed E-state index contributed by atoms with van der Waals surface area (Å²) in [7, 11) is 2.10. The first kappa shape index (κ1) is 10.1. The number of aromatic nitrogens is 1. The average Bonchev–Trinajstić information content (AvgIpc) is 2.29. The molecular formula is C12H14N2O. The number of hydrogen-bond donors (Lipinski definition) is 0. The Hall–Kier alpha value is -1.48. The molecule has 0 saturated heterocycles. The number of carbonyl (C=O) groups excluding carboxylic acids is 1. The third-order valence-corrected chi connectivity index (χ3v) is 2.59. The number of pyridine rings is 1. The normalized spacial score (nSPS) is 17.3. The number of likely N-dealkylation sites (N-methyl/N-ethyl adjacent to an activating group) is 1. The van der Waals surface area contributed by atoms with Crippen molar-refractivity contribution in [1.29, 1.82) is 0 Å². The Kier molecular flexibility index (Phi) is 2.92. The largest absolute Gasteiger partial charge is 0.302 e. The predicted molar refractivity (Wildman–Crippen MR) is 59.7 cm³/mol. The van der Waals surface area contributed by atoms with E-state index < -0.39 is 0 Å². The Morgan fingerprint density at radius 1 is 1.47 bits per heavy atom. The summed E-state index contributed by atoms with van der Waals surface area (Å²) < 4.78 is 0. The highest BCUT2D eigenvalue weighted by Gasteiger charge is 2.10. The van der Waals surface area contributed by atoms with E-state index in [0.717, 1.165) is 31.5 Å². The van der Waals surface area contributed by atoms with E-state index in [9.17, 15) is 4.79 Å². The van der Waals surface area contributed by atoms with Crippen LogP contribution in [0.4, 0.5) is 0 Å². The number of aldehydes is 1. The van der Waals surface area contributed by atoms with Crippen LogP contribution in [0.2, 0.25) is 0 Å². The van der Waals surface area contributed by atoms with E-state index in [4.69, 9.17) is 0 Å². The van der Waals surface area contributed by atoms with Gasteiger partial charge in [0.1, 0.15) is 0 Å². The van der Waals surface area contributed by atoms with Gasteiger partial charge in [-0.25, -0.2) is 0 Å². The van der Waals surface area contributed by atoms with Gasteiger partial charge in [-0.05, 0) is 31.2 Å². The van der Waals surface area contributed by atoms with E-state index in [-0.39, 0.29) is 0 Å². The third kappa shape index (κ3) is 2.30. The summed E-state index contributed by atoms with van der Waals surface area (Å²) >= 11 is 0. The Morgan fingerprint density at radius 3 is 2.93 bits per heavy atom. The molecule has 0 bridgehead atoms. The molecule has 2 rings (SSSR count). The molecule has 1 aliphatic rings. The van der Waals surface area contributed by atoms with Crippen molar-refractivity contribution in [3.63, 3.8) is 0 Å². The first-order valence-corrected chi connectivity index (χ1v) is 5.09. The van der Waals surface area contributed by atoms with Crippen LogP contribution in [0.1, 0.15) is 22.5 Å². The summed E-state index contributed by atoms with van der Waals surface area (Å²) in [6.45, 7) is 2.04. The van der Waals surface area contributed by atoms with E-state index in [1.807, 2.05) is 12.1 Å². The van der Waals surface area contributed by atoms with Crippen LogP contribution in [0.3, 0.4) is 0 Å². The van der Waals surface area contributed by atoms with Crippen LogP contribution in [0.15, 0.2) is 24.4 Å². The molecule has 0 aliphatic carbocycles. The fourth-order valence-electron chi connectivity index (χ4n) is 1.74. The van der Waals surface area contributed by atoms with E-state index in [0.29, 0.717) is 5.56 Å². The van der Waals surface area contributed by atoms with Gasteiger partial charge >= 0.3 is 0 Å². The van der Waals surface area contributed by atoms with Crippen LogP contribution >= 0.6 is 0 Å². The monoisotopic (exact) mass is 202 g/mol. The first-order chi connectivity index (χ1) is 7.29. The minimum Gasteiger partial charge on any atom is -0.302 e. The average molecular weight is 202 g/mol. The fraction of sp³-hybridized carbons (Fsp3) is 0.333. The van der Waals surface area contributed by atoms with Gasteiger partial charge in [-0.1, -0.05) is 6.08 Å². The van der Waals surface area contributed by atoms with Gasteiger partial charge in [0.2, 0.25) is 0 Å². The Morgan fingerprint density at radius 2 is 2.33 bits per heavy atom. The van der Waals surface area contributed by atoms with Crippen LogP contribution in [-0.2, 0) is 0 Å². The van der Waals surface area contributed by atoms with Crippen molar-refractivity contribution in [2.75, 3.05) is 20.1 Å². The molecule has 78 valence electrons. The van der Waals surface area contributed by atoms with Gasteiger partial charge < -0.3 is 4.90 Å². The zero-order chi connectivity index (χ0) is 10.7. The molecule has 1 aliphatic heterocycles. The Bertz CT molecular complexity index is 381. The van der Waals surface area contributed by atoms with Crippen molar-refractivity contribution in [2.24, 2.45) is 0 Å². The molecule has 0 fully saturated rings. The molecular weight excluding hydrogens is 188 g/mol. The summed E-state index contributed by atoms with van der Waals surface area (Å²) in [6.07, 6.45) is 5.74. The molecule has 2 heterocycles. The summed E-state index contributed by atoms with van der Waals surface area (Å²) in [5.74, 6) is 0. The van der Waals surface area contributed by atoms with Crippen LogP contribution in [0, 0.1) is 0 Å². The maximum atomic E-state index is 10.5. The SMILES string of the molecule is CN1CCC=C(c2ccc(C=O)cn2)C1. The zero-order valence-corrected chi connectivity index (χ0v) is 8.81. The van der Waals surface area contributed by atoms with Gasteiger partial charge in [0, 0.05) is 24.8 Å².